The molecule has 0 radical (unpaired) electrons. The average Bonchev–Trinajstić information content (AvgIpc) is 2.97. The van der Waals surface area contributed by atoms with Gasteiger partial charge in [0.25, 0.3) is 0 Å². The van der Waals surface area contributed by atoms with Crippen molar-refractivity contribution in [1.82, 2.24) is 0 Å². The van der Waals surface area contributed by atoms with E-state index in [1.165, 1.54) is 109 Å². The van der Waals surface area contributed by atoms with E-state index in [2.05, 4.69) is 75.3 Å². The number of allylic oxidation sites excluding steroid dienone is 2. The van der Waals surface area contributed by atoms with Crippen molar-refractivity contribution in [2.75, 3.05) is 0 Å². The Morgan fingerprint density at radius 1 is 0.733 bits per heavy atom. The molecule has 5 rings (SSSR count). The number of carbonyl (C=O) groups is 1. The van der Waals surface area contributed by atoms with E-state index in [9.17, 15) is 4.79 Å². The van der Waals surface area contributed by atoms with Gasteiger partial charge in [-0.25, -0.2) is 0 Å². The third-order valence-electron chi connectivity index (χ3n) is 16.9. The molecule has 2 nitrogen and oxygen atoms in total. The van der Waals surface area contributed by atoms with Crippen molar-refractivity contribution in [3.63, 3.8) is 0 Å². The highest BCUT2D eigenvalue weighted by Gasteiger charge is 2.71. The molecule has 0 heterocycles. The Morgan fingerprint density at radius 3 is 2.02 bits per heavy atom. The first-order chi connectivity index (χ1) is 21.0. The topological polar surface area (TPSA) is 26.3 Å². The molecule has 0 aromatic carbocycles. The summed E-state index contributed by atoms with van der Waals surface area (Å²) < 4.78 is 6.44. The maximum absolute atomic E-state index is 13.2. The van der Waals surface area contributed by atoms with Crippen molar-refractivity contribution in [2.24, 2.45) is 49.7 Å². The third-order valence-corrected chi connectivity index (χ3v) is 16.9. The Morgan fingerprint density at radius 2 is 1.36 bits per heavy atom. The Labute approximate surface area is 280 Å². The van der Waals surface area contributed by atoms with Gasteiger partial charge in [-0.05, 0) is 115 Å². The van der Waals surface area contributed by atoms with Crippen LogP contribution in [0.15, 0.2) is 11.6 Å². The van der Waals surface area contributed by atoms with Gasteiger partial charge in [-0.3, -0.25) is 4.79 Å². The number of ether oxygens (including phenoxy) is 1. The molecule has 0 aromatic heterocycles. The molecular weight excluding hydrogens is 548 g/mol. The lowest BCUT2D eigenvalue weighted by molar-refractivity contribution is -0.254. The number of unbranched alkanes of at least 4 members (excludes halogenated alkanes) is 8. The van der Waals surface area contributed by atoms with Gasteiger partial charge in [0.05, 0.1) is 0 Å². The minimum atomic E-state index is -0.0289. The van der Waals surface area contributed by atoms with Crippen molar-refractivity contribution in [3.05, 3.63) is 11.6 Å². The fourth-order valence-electron chi connectivity index (χ4n) is 12.7. The molecule has 4 fully saturated rings. The molecular formula is C43H74O2. The zero-order valence-corrected chi connectivity index (χ0v) is 31.8. The van der Waals surface area contributed by atoms with Gasteiger partial charge >= 0.3 is 5.97 Å². The van der Waals surface area contributed by atoms with Crippen LogP contribution in [-0.4, -0.2) is 12.1 Å². The highest BCUT2D eigenvalue weighted by atomic mass is 16.5. The first-order valence-electron chi connectivity index (χ1n) is 19.9. The molecule has 5 aliphatic rings. The van der Waals surface area contributed by atoms with Crippen LogP contribution in [0, 0.1) is 49.7 Å². The quantitative estimate of drug-likeness (QED) is 0.130. The summed E-state index contributed by atoms with van der Waals surface area (Å²) in [6, 6.07) is 0. The molecule has 0 unspecified atom stereocenters. The minimum Gasteiger partial charge on any atom is -0.462 e. The zero-order valence-electron chi connectivity index (χ0n) is 31.8. The largest absolute Gasteiger partial charge is 0.462 e. The number of fused-ring (bicyclic) bond motifs is 7. The molecule has 2 heteroatoms. The monoisotopic (exact) mass is 623 g/mol. The van der Waals surface area contributed by atoms with Crippen molar-refractivity contribution in [3.8, 4) is 0 Å². The van der Waals surface area contributed by atoms with Crippen molar-refractivity contribution in [1.29, 1.82) is 0 Å². The van der Waals surface area contributed by atoms with E-state index in [4.69, 9.17) is 4.74 Å². The van der Waals surface area contributed by atoms with E-state index in [0.717, 1.165) is 18.8 Å². The van der Waals surface area contributed by atoms with Crippen molar-refractivity contribution in [2.45, 2.75) is 204 Å². The van der Waals surface area contributed by atoms with Crippen LogP contribution in [0.4, 0.5) is 0 Å². The van der Waals surface area contributed by atoms with Gasteiger partial charge in [-0.1, -0.05) is 132 Å². The zero-order chi connectivity index (χ0) is 32.9. The summed E-state index contributed by atoms with van der Waals surface area (Å²) in [6.45, 7) is 25.6. The molecule has 8 atom stereocenters. The number of hydrogen-bond acceptors (Lipinski definition) is 2. The van der Waals surface area contributed by atoms with Crippen LogP contribution in [0.5, 0.6) is 0 Å². The Kier molecular flexibility index (Phi) is 9.93. The first-order valence-corrected chi connectivity index (χ1v) is 19.9. The predicted molar refractivity (Wildman–Crippen MR) is 191 cm³/mol. The average molecular weight is 623 g/mol. The summed E-state index contributed by atoms with van der Waals surface area (Å²) in [5.74, 6) is 1.51. The highest BCUT2D eigenvalue weighted by molar-refractivity contribution is 5.69. The molecule has 258 valence electrons. The van der Waals surface area contributed by atoms with Gasteiger partial charge in [0.2, 0.25) is 0 Å². The van der Waals surface area contributed by atoms with Gasteiger partial charge in [0.1, 0.15) is 6.10 Å². The van der Waals surface area contributed by atoms with Gasteiger partial charge < -0.3 is 4.74 Å². The SMILES string of the molecule is CCCCCCCCCCCC(=O)O[C@H]1CC[C@]2(C)[C@H]3CC=C4[C@H]5CC(C)(C)CC[C@]5(C)CC[C@@]4(C)[C@]3(C)CC[C@@]2(C)C1(C)C. The van der Waals surface area contributed by atoms with Crippen LogP contribution in [0.1, 0.15) is 198 Å². The van der Waals surface area contributed by atoms with Crippen LogP contribution in [-0.2, 0) is 9.53 Å². The molecule has 0 saturated heterocycles. The smallest absolute Gasteiger partial charge is 0.306 e. The van der Waals surface area contributed by atoms with E-state index in [0.29, 0.717) is 34.0 Å². The maximum Gasteiger partial charge on any atom is 0.306 e. The van der Waals surface area contributed by atoms with Crippen LogP contribution < -0.4 is 0 Å². The molecule has 5 aliphatic carbocycles. The Balaban J connectivity index is 1.26. The molecule has 0 bridgehead atoms. The summed E-state index contributed by atoms with van der Waals surface area (Å²) in [7, 11) is 0. The Hall–Kier alpha value is -0.790. The summed E-state index contributed by atoms with van der Waals surface area (Å²) >= 11 is 0. The number of carbonyl (C=O) groups excluding carboxylic acids is 1. The number of hydrogen-bond donors (Lipinski definition) is 0. The fraction of sp³-hybridized carbons (Fsp3) is 0.930. The molecule has 0 aliphatic heterocycles. The molecule has 0 N–H and O–H groups in total. The second kappa shape index (κ2) is 12.6. The van der Waals surface area contributed by atoms with E-state index < -0.39 is 0 Å². The standard InChI is InChI=1S/C43H74O2/c1-11-12-13-14-15-16-17-18-19-20-36(44)45-35-23-24-42(9)34-22-21-32-33-31-37(2,3)25-26-39(33,6)27-28-40(32,7)41(34,8)29-30-43(42,10)38(35,4)5/h21,33-35H,11-20,22-31H2,1-10H3/t33-,34+,35+,39-,40-,41-,42-,43+/m1/s1. The summed E-state index contributed by atoms with van der Waals surface area (Å²) in [4.78, 5) is 13.2. The van der Waals surface area contributed by atoms with Gasteiger partial charge in [-0.2, -0.15) is 0 Å². The lowest BCUT2D eigenvalue weighted by Crippen LogP contribution is -2.68. The van der Waals surface area contributed by atoms with Gasteiger partial charge in [-0.15, -0.1) is 0 Å². The molecule has 45 heavy (non-hydrogen) atoms. The van der Waals surface area contributed by atoms with E-state index in [1.54, 1.807) is 0 Å². The van der Waals surface area contributed by atoms with Crippen LogP contribution in [0.25, 0.3) is 0 Å². The highest BCUT2D eigenvalue weighted by Crippen LogP contribution is 2.78. The summed E-state index contributed by atoms with van der Waals surface area (Å²) in [5, 5.41) is 0. The molecule has 4 saturated carbocycles. The van der Waals surface area contributed by atoms with Crippen molar-refractivity contribution >= 4 is 5.97 Å². The molecule has 0 aromatic rings. The third kappa shape index (κ3) is 5.83. The Bertz CT molecular complexity index is 1100. The van der Waals surface area contributed by atoms with Gasteiger partial charge in [0.15, 0.2) is 0 Å². The summed E-state index contributed by atoms with van der Waals surface area (Å²) in [5.41, 5.74) is 3.85. The normalized spacial score (nSPS) is 43.2. The fourth-order valence-corrected chi connectivity index (χ4v) is 12.7. The van der Waals surface area contributed by atoms with E-state index in [1.807, 2.05) is 5.57 Å². The number of esters is 1. The number of rotatable bonds is 11. The lowest BCUT2D eigenvalue weighted by Gasteiger charge is -2.74. The second-order valence-electron chi connectivity index (χ2n) is 19.8. The minimum absolute atomic E-state index is 0.0289. The van der Waals surface area contributed by atoms with Crippen LogP contribution >= 0.6 is 0 Å². The maximum atomic E-state index is 13.2. The second-order valence-corrected chi connectivity index (χ2v) is 19.8. The first kappa shape index (κ1) is 35.5. The van der Waals surface area contributed by atoms with E-state index >= 15 is 0 Å². The van der Waals surface area contributed by atoms with E-state index in [-0.39, 0.29) is 28.3 Å². The summed E-state index contributed by atoms with van der Waals surface area (Å²) in [6.07, 6.45) is 28.0. The van der Waals surface area contributed by atoms with Crippen LogP contribution in [0.2, 0.25) is 0 Å². The lowest BCUT2D eigenvalue weighted by atomic mass is 9.30. The molecule has 0 amide bonds. The predicted octanol–water partition coefficient (Wildman–Crippen LogP) is 13.0. The van der Waals surface area contributed by atoms with Gasteiger partial charge in [0, 0.05) is 11.8 Å². The molecule has 0 spiro atoms. The van der Waals surface area contributed by atoms with Crippen LogP contribution in [0.3, 0.4) is 0 Å². The van der Waals surface area contributed by atoms with Crippen molar-refractivity contribution < 1.29 is 9.53 Å².